The lowest BCUT2D eigenvalue weighted by Gasteiger charge is -2.58. The highest BCUT2D eigenvalue weighted by molar-refractivity contribution is 6.83. The quantitative estimate of drug-likeness (QED) is 0.287. The molecular formula is C31H52Si. The molecule has 0 aromatic rings. The molecule has 1 heteroatoms. The van der Waals surface area contributed by atoms with Crippen LogP contribution in [0.1, 0.15) is 116 Å². The minimum Gasteiger partial charge on any atom is -0.103 e. The first-order valence-corrected chi connectivity index (χ1v) is 18.1. The van der Waals surface area contributed by atoms with Crippen LogP contribution in [-0.4, -0.2) is 8.07 Å². The first kappa shape index (κ1) is 22.4. The monoisotopic (exact) mass is 452 g/mol. The minimum atomic E-state index is -1.46. The van der Waals surface area contributed by atoms with Crippen molar-refractivity contribution in [2.45, 2.75) is 139 Å². The van der Waals surface area contributed by atoms with Gasteiger partial charge in [-0.05, 0) is 97.0 Å². The predicted molar refractivity (Wildman–Crippen MR) is 141 cm³/mol. The van der Waals surface area contributed by atoms with E-state index in [4.69, 9.17) is 0 Å². The van der Waals surface area contributed by atoms with Crippen molar-refractivity contribution in [3.63, 3.8) is 0 Å². The summed E-state index contributed by atoms with van der Waals surface area (Å²) in [5.74, 6) is 7.93. The van der Waals surface area contributed by atoms with E-state index < -0.39 is 8.07 Å². The summed E-state index contributed by atoms with van der Waals surface area (Å²) in [6, 6.07) is 1.60. The second-order valence-electron chi connectivity index (χ2n) is 13.9. The summed E-state index contributed by atoms with van der Waals surface area (Å²) in [4.78, 5) is 0. The summed E-state index contributed by atoms with van der Waals surface area (Å²) < 4.78 is 0. The number of hydrogen-bond acceptors (Lipinski definition) is 0. The van der Waals surface area contributed by atoms with Crippen molar-refractivity contribution >= 4 is 8.07 Å². The van der Waals surface area contributed by atoms with E-state index >= 15 is 0 Å². The molecule has 0 spiro atoms. The fraction of sp³-hybridized carbons (Fsp3) is 0.935. The molecule has 6 aliphatic carbocycles. The molecule has 0 radical (unpaired) electrons. The van der Waals surface area contributed by atoms with E-state index in [-0.39, 0.29) is 0 Å². The van der Waals surface area contributed by atoms with Crippen LogP contribution in [0, 0.1) is 41.4 Å². The molecule has 6 saturated carbocycles. The highest BCUT2D eigenvalue weighted by atomic mass is 28.3. The normalized spacial score (nSPS) is 49.9. The average molecular weight is 453 g/mol. The zero-order valence-electron chi connectivity index (χ0n) is 21.3. The Balaban J connectivity index is 1.44. The molecule has 6 rings (SSSR count). The Hall–Kier alpha value is -0.0431. The zero-order valence-corrected chi connectivity index (χ0v) is 22.3. The lowest BCUT2D eigenvalue weighted by atomic mass is 9.73. The molecule has 0 aliphatic heterocycles. The zero-order chi connectivity index (χ0) is 21.8. The largest absolute Gasteiger partial charge is 0.103 e. The fourth-order valence-corrected chi connectivity index (χ4v) is 20.0. The first-order valence-electron chi connectivity index (χ1n) is 15.3. The fourth-order valence-electron chi connectivity index (χ4n) is 12.3. The highest BCUT2D eigenvalue weighted by Crippen LogP contribution is 2.76. The molecule has 6 aliphatic rings. The molecule has 0 bridgehead atoms. The van der Waals surface area contributed by atoms with Crippen LogP contribution in [0.3, 0.4) is 0 Å². The van der Waals surface area contributed by atoms with Crippen LogP contribution in [0.15, 0.2) is 12.7 Å². The standard InChI is InChI=1S/C31H52Si/c1-3-4-21-32(2,30-27-17-9-7-15-25(27)26-16-8-10-18-28(26)30)31-20-12-11-19-29(31)24-14-6-5-13-23(24)22-31/h3,23-30H,1,4-22H2,2H3. The lowest BCUT2D eigenvalue weighted by molar-refractivity contribution is 0.182. The van der Waals surface area contributed by atoms with Gasteiger partial charge < -0.3 is 0 Å². The van der Waals surface area contributed by atoms with Gasteiger partial charge in [-0.15, -0.1) is 6.58 Å². The molecule has 9 unspecified atom stereocenters. The van der Waals surface area contributed by atoms with Gasteiger partial charge >= 0.3 is 0 Å². The third-order valence-electron chi connectivity index (χ3n) is 13.2. The summed E-state index contributed by atoms with van der Waals surface area (Å²) in [6.07, 6.45) is 30.7. The second-order valence-corrected chi connectivity index (χ2v) is 18.9. The third kappa shape index (κ3) is 3.25. The summed E-state index contributed by atoms with van der Waals surface area (Å²) in [7, 11) is -1.46. The summed E-state index contributed by atoms with van der Waals surface area (Å²) in [5.41, 5.74) is 1.18. The van der Waals surface area contributed by atoms with Crippen LogP contribution in [0.25, 0.3) is 0 Å². The number of hydrogen-bond donors (Lipinski definition) is 0. The number of rotatable bonds is 5. The number of fused-ring (bicyclic) bond motifs is 6. The molecule has 0 saturated heterocycles. The van der Waals surface area contributed by atoms with E-state index in [2.05, 4.69) is 19.2 Å². The van der Waals surface area contributed by atoms with Gasteiger partial charge in [-0.2, -0.15) is 0 Å². The molecule has 0 aromatic heterocycles. The van der Waals surface area contributed by atoms with Crippen molar-refractivity contribution in [1.29, 1.82) is 0 Å². The van der Waals surface area contributed by atoms with Gasteiger partial charge in [-0.3, -0.25) is 0 Å². The molecule has 0 N–H and O–H groups in total. The van der Waals surface area contributed by atoms with E-state index in [1.165, 1.54) is 12.0 Å². The van der Waals surface area contributed by atoms with Crippen molar-refractivity contribution in [2.75, 3.05) is 0 Å². The smallest absolute Gasteiger partial charge is 0.0609 e. The molecule has 0 nitrogen and oxygen atoms in total. The van der Waals surface area contributed by atoms with Crippen molar-refractivity contribution in [3.05, 3.63) is 12.7 Å². The highest BCUT2D eigenvalue weighted by Gasteiger charge is 2.68. The summed E-state index contributed by atoms with van der Waals surface area (Å²) in [5, 5.41) is 0.812. The van der Waals surface area contributed by atoms with E-state index in [0.717, 1.165) is 46.5 Å². The van der Waals surface area contributed by atoms with Gasteiger partial charge in [0.1, 0.15) is 0 Å². The Labute approximate surface area is 200 Å². The minimum absolute atomic E-state index is 0.812. The second kappa shape index (κ2) is 8.87. The van der Waals surface area contributed by atoms with Crippen LogP contribution in [-0.2, 0) is 0 Å². The van der Waals surface area contributed by atoms with Crippen molar-refractivity contribution < 1.29 is 0 Å². The Morgan fingerprint density at radius 1 is 0.719 bits per heavy atom. The maximum Gasteiger partial charge on any atom is 0.0609 e. The van der Waals surface area contributed by atoms with Gasteiger partial charge in [0.2, 0.25) is 0 Å². The molecule has 6 fully saturated rings. The van der Waals surface area contributed by atoms with Crippen molar-refractivity contribution in [3.8, 4) is 0 Å². The molecule has 0 heterocycles. The van der Waals surface area contributed by atoms with E-state index in [1.54, 1.807) is 115 Å². The summed E-state index contributed by atoms with van der Waals surface area (Å²) in [6.45, 7) is 7.33. The van der Waals surface area contributed by atoms with Crippen LogP contribution in [0.4, 0.5) is 0 Å². The predicted octanol–water partition coefficient (Wildman–Crippen LogP) is 9.78. The van der Waals surface area contributed by atoms with Gasteiger partial charge in [-0.1, -0.05) is 89.3 Å². The topological polar surface area (TPSA) is 0 Å². The SMILES string of the molecule is C=CCC[Si](C)(C1C2CCCCC2C2CCCCC21)C12CCCCC1C1CCCCC1C2. The maximum atomic E-state index is 4.28. The van der Waals surface area contributed by atoms with Gasteiger partial charge in [0.15, 0.2) is 0 Å². The van der Waals surface area contributed by atoms with Gasteiger partial charge in [-0.25, -0.2) is 0 Å². The van der Waals surface area contributed by atoms with E-state index in [0.29, 0.717) is 0 Å². The Morgan fingerprint density at radius 2 is 1.28 bits per heavy atom. The van der Waals surface area contributed by atoms with Gasteiger partial charge in [0.05, 0.1) is 8.07 Å². The molecule has 180 valence electrons. The Morgan fingerprint density at radius 3 is 1.94 bits per heavy atom. The molecular weight excluding hydrogens is 400 g/mol. The van der Waals surface area contributed by atoms with Crippen LogP contribution in [0.2, 0.25) is 23.2 Å². The van der Waals surface area contributed by atoms with E-state index in [9.17, 15) is 0 Å². The van der Waals surface area contributed by atoms with Crippen LogP contribution < -0.4 is 0 Å². The first-order chi connectivity index (χ1) is 15.7. The third-order valence-corrected chi connectivity index (χ3v) is 19.9. The average Bonchev–Trinajstić information content (AvgIpc) is 3.37. The van der Waals surface area contributed by atoms with Gasteiger partial charge in [0.25, 0.3) is 0 Å². The summed E-state index contributed by atoms with van der Waals surface area (Å²) >= 11 is 0. The van der Waals surface area contributed by atoms with E-state index in [1.807, 2.05) is 0 Å². The van der Waals surface area contributed by atoms with Gasteiger partial charge in [0, 0.05) is 0 Å². The Bertz CT molecular complexity index is 662. The van der Waals surface area contributed by atoms with Crippen molar-refractivity contribution in [2.24, 2.45) is 41.4 Å². The molecule has 0 amide bonds. The maximum absolute atomic E-state index is 4.28. The molecule has 32 heavy (non-hydrogen) atoms. The van der Waals surface area contributed by atoms with Crippen LogP contribution >= 0.6 is 0 Å². The lowest BCUT2D eigenvalue weighted by Crippen LogP contribution is -2.55. The van der Waals surface area contributed by atoms with Crippen molar-refractivity contribution in [1.82, 2.24) is 0 Å². The molecule has 9 atom stereocenters. The number of allylic oxidation sites excluding steroid dienone is 1. The van der Waals surface area contributed by atoms with Crippen LogP contribution in [0.5, 0.6) is 0 Å². The molecule has 0 aromatic carbocycles. The Kier molecular flexibility index (Phi) is 6.22.